The highest BCUT2D eigenvalue weighted by molar-refractivity contribution is 5.92. The first-order valence-corrected chi connectivity index (χ1v) is 10.4. The lowest BCUT2D eigenvalue weighted by molar-refractivity contribution is -0.140. The summed E-state index contributed by atoms with van der Waals surface area (Å²) in [6.45, 7) is 5.11. The summed E-state index contributed by atoms with van der Waals surface area (Å²) in [7, 11) is 0. The molecule has 1 aliphatic carbocycles. The molecule has 1 fully saturated rings. The first kappa shape index (κ1) is 19.9. The second kappa shape index (κ2) is 8.87. The smallest absolute Gasteiger partial charge is 0.303 e. The maximum absolute atomic E-state index is 12.8. The number of hydrogen-bond acceptors (Lipinski definition) is 3. The lowest BCUT2D eigenvalue weighted by atomic mass is 9.69. The molecule has 1 amide bonds. The van der Waals surface area contributed by atoms with E-state index in [1.807, 2.05) is 12.1 Å². The number of carboxylic acid groups (broad SMARTS) is 1. The van der Waals surface area contributed by atoms with E-state index in [1.165, 1.54) is 24.0 Å². The minimum Gasteiger partial charge on any atom is -0.481 e. The number of nitrogens with one attached hydrogen (secondary N) is 1. The average molecular weight is 373 g/mol. The van der Waals surface area contributed by atoms with Crippen molar-refractivity contribution in [2.24, 2.45) is 5.41 Å². The quantitative estimate of drug-likeness (QED) is 0.702. The third-order valence-electron chi connectivity index (χ3n) is 6.13. The van der Waals surface area contributed by atoms with Crippen molar-refractivity contribution in [2.75, 3.05) is 11.9 Å². The number of amides is 1. The van der Waals surface area contributed by atoms with Crippen molar-refractivity contribution < 1.29 is 14.7 Å². The molecule has 0 atom stereocenters. The number of aliphatic carboxylic acids is 1. The van der Waals surface area contributed by atoms with E-state index in [4.69, 9.17) is 0 Å². The number of hydrogen-bond donors (Lipinski definition) is 2. The fourth-order valence-electron chi connectivity index (χ4n) is 4.72. The minimum atomic E-state index is -0.795. The number of unbranched alkanes of at least 4 members (excludes halogenated alkanes) is 1. The third kappa shape index (κ3) is 5.10. The molecule has 5 heteroatoms. The van der Waals surface area contributed by atoms with Crippen LogP contribution in [0.3, 0.4) is 0 Å². The van der Waals surface area contributed by atoms with Gasteiger partial charge in [0, 0.05) is 25.2 Å². The van der Waals surface area contributed by atoms with E-state index < -0.39 is 5.97 Å². The number of fused-ring (bicyclic) bond motifs is 1. The maximum atomic E-state index is 12.8. The number of rotatable bonds is 8. The Morgan fingerprint density at radius 3 is 2.63 bits per heavy atom. The number of carboxylic acids is 1. The van der Waals surface area contributed by atoms with Gasteiger partial charge < -0.3 is 10.4 Å². The molecular weight excluding hydrogens is 340 g/mol. The SMILES string of the molecule is CCCCN1Cc2cccc(NC(=O)CC3(CC(=O)O)CCCCC3)c2C1. The summed E-state index contributed by atoms with van der Waals surface area (Å²) in [4.78, 5) is 26.6. The fourth-order valence-corrected chi connectivity index (χ4v) is 4.72. The first-order valence-electron chi connectivity index (χ1n) is 10.4. The number of anilines is 1. The van der Waals surface area contributed by atoms with Crippen LogP contribution >= 0.6 is 0 Å². The van der Waals surface area contributed by atoms with Gasteiger partial charge in [-0.3, -0.25) is 14.5 Å². The zero-order valence-electron chi connectivity index (χ0n) is 16.4. The molecule has 1 aromatic carbocycles. The molecule has 0 unspecified atom stereocenters. The number of carbonyl (C=O) groups excluding carboxylic acids is 1. The van der Waals surface area contributed by atoms with Crippen LogP contribution in [0, 0.1) is 5.41 Å². The molecule has 1 aliphatic heterocycles. The Balaban J connectivity index is 1.66. The van der Waals surface area contributed by atoms with Gasteiger partial charge in [-0.25, -0.2) is 0 Å². The zero-order valence-corrected chi connectivity index (χ0v) is 16.4. The summed E-state index contributed by atoms with van der Waals surface area (Å²) >= 11 is 0. The van der Waals surface area contributed by atoms with E-state index >= 15 is 0 Å². The van der Waals surface area contributed by atoms with Crippen LogP contribution in [-0.2, 0) is 22.7 Å². The van der Waals surface area contributed by atoms with E-state index in [9.17, 15) is 14.7 Å². The first-order chi connectivity index (χ1) is 13.0. The summed E-state index contributed by atoms with van der Waals surface area (Å²) in [5, 5.41) is 12.4. The van der Waals surface area contributed by atoms with Crippen LogP contribution in [0.2, 0.25) is 0 Å². The van der Waals surface area contributed by atoms with Crippen molar-refractivity contribution in [1.82, 2.24) is 4.90 Å². The van der Waals surface area contributed by atoms with Crippen LogP contribution in [0.15, 0.2) is 18.2 Å². The lowest BCUT2D eigenvalue weighted by Crippen LogP contribution is -2.32. The molecule has 1 heterocycles. The number of carbonyl (C=O) groups is 2. The van der Waals surface area contributed by atoms with E-state index in [-0.39, 0.29) is 17.7 Å². The number of nitrogens with zero attached hydrogens (tertiary/aromatic N) is 1. The second-order valence-electron chi connectivity index (χ2n) is 8.36. The molecule has 1 saturated carbocycles. The van der Waals surface area contributed by atoms with Crippen molar-refractivity contribution in [2.45, 2.75) is 77.8 Å². The highest BCUT2D eigenvalue weighted by Crippen LogP contribution is 2.42. The van der Waals surface area contributed by atoms with Gasteiger partial charge in [-0.05, 0) is 48.4 Å². The molecule has 0 radical (unpaired) electrons. The van der Waals surface area contributed by atoms with Crippen LogP contribution in [0.5, 0.6) is 0 Å². The van der Waals surface area contributed by atoms with Gasteiger partial charge in [0.25, 0.3) is 0 Å². The zero-order chi connectivity index (χ0) is 19.3. The second-order valence-corrected chi connectivity index (χ2v) is 8.36. The average Bonchev–Trinajstić information content (AvgIpc) is 3.04. The normalized spacial score (nSPS) is 18.9. The number of benzene rings is 1. The van der Waals surface area contributed by atoms with Gasteiger partial charge in [0.1, 0.15) is 0 Å². The van der Waals surface area contributed by atoms with Gasteiger partial charge in [0.2, 0.25) is 5.91 Å². The summed E-state index contributed by atoms with van der Waals surface area (Å²) in [6.07, 6.45) is 7.63. The molecular formula is C22H32N2O3. The van der Waals surface area contributed by atoms with Crippen molar-refractivity contribution in [1.29, 1.82) is 0 Å². The minimum absolute atomic E-state index is 0.0430. The summed E-state index contributed by atoms with van der Waals surface area (Å²) in [6, 6.07) is 6.13. The fraction of sp³-hybridized carbons (Fsp3) is 0.636. The molecule has 1 aromatic rings. The molecule has 0 bridgehead atoms. The Morgan fingerprint density at radius 2 is 1.93 bits per heavy atom. The molecule has 2 aliphatic rings. The maximum Gasteiger partial charge on any atom is 0.303 e. The van der Waals surface area contributed by atoms with E-state index in [2.05, 4.69) is 23.2 Å². The molecule has 148 valence electrons. The summed E-state index contributed by atoms with van der Waals surface area (Å²) in [5.41, 5.74) is 3.04. The predicted octanol–water partition coefficient (Wildman–Crippen LogP) is 4.56. The van der Waals surface area contributed by atoms with Crippen LogP contribution in [-0.4, -0.2) is 28.4 Å². The Morgan fingerprint density at radius 1 is 1.15 bits per heavy atom. The van der Waals surface area contributed by atoms with Crippen LogP contribution in [0.25, 0.3) is 0 Å². The van der Waals surface area contributed by atoms with Crippen molar-refractivity contribution >= 4 is 17.6 Å². The van der Waals surface area contributed by atoms with Crippen molar-refractivity contribution in [3.63, 3.8) is 0 Å². The van der Waals surface area contributed by atoms with Crippen LogP contribution in [0.1, 0.15) is 75.8 Å². The molecule has 0 saturated heterocycles. The summed E-state index contributed by atoms with van der Waals surface area (Å²) < 4.78 is 0. The van der Waals surface area contributed by atoms with Gasteiger partial charge in [-0.15, -0.1) is 0 Å². The van der Waals surface area contributed by atoms with E-state index in [0.29, 0.717) is 6.42 Å². The molecule has 3 rings (SSSR count). The molecule has 0 aromatic heterocycles. The monoisotopic (exact) mass is 372 g/mol. The van der Waals surface area contributed by atoms with Gasteiger partial charge in [-0.1, -0.05) is 44.7 Å². The molecule has 27 heavy (non-hydrogen) atoms. The van der Waals surface area contributed by atoms with Crippen LogP contribution < -0.4 is 5.32 Å². The van der Waals surface area contributed by atoms with Crippen LogP contribution in [0.4, 0.5) is 5.69 Å². The predicted molar refractivity (Wildman–Crippen MR) is 106 cm³/mol. The molecule has 0 spiro atoms. The Hall–Kier alpha value is -1.88. The van der Waals surface area contributed by atoms with Crippen molar-refractivity contribution in [3.8, 4) is 0 Å². The highest BCUT2D eigenvalue weighted by atomic mass is 16.4. The van der Waals surface area contributed by atoms with Gasteiger partial charge >= 0.3 is 5.97 Å². The lowest BCUT2D eigenvalue weighted by Gasteiger charge is -2.35. The van der Waals surface area contributed by atoms with Gasteiger partial charge in [0.15, 0.2) is 0 Å². The Labute approximate surface area is 162 Å². The van der Waals surface area contributed by atoms with Crippen molar-refractivity contribution in [3.05, 3.63) is 29.3 Å². The Kier molecular flexibility index (Phi) is 6.53. The molecule has 2 N–H and O–H groups in total. The highest BCUT2D eigenvalue weighted by Gasteiger charge is 2.36. The van der Waals surface area contributed by atoms with E-state index in [0.717, 1.165) is 57.4 Å². The van der Waals surface area contributed by atoms with Gasteiger partial charge in [-0.2, -0.15) is 0 Å². The van der Waals surface area contributed by atoms with Gasteiger partial charge in [0.05, 0.1) is 6.42 Å². The standard InChI is InChI=1S/C22H32N2O3/c1-2-3-12-24-15-17-8-7-9-19(18(17)16-24)23-20(25)13-22(14-21(26)27)10-5-4-6-11-22/h7-9H,2-6,10-16H2,1H3,(H,23,25)(H,26,27). The topological polar surface area (TPSA) is 69.6 Å². The van der Waals surface area contributed by atoms with E-state index in [1.54, 1.807) is 0 Å². The summed E-state index contributed by atoms with van der Waals surface area (Å²) in [5.74, 6) is -0.838. The Bertz CT molecular complexity index is 680. The largest absolute Gasteiger partial charge is 0.481 e. The molecule has 5 nitrogen and oxygen atoms in total. The third-order valence-corrected chi connectivity index (χ3v) is 6.13.